The van der Waals surface area contributed by atoms with Crippen molar-refractivity contribution in [2.45, 2.75) is 26.4 Å². The minimum absolute atomic E-state index is 0.357. The molecule has 90 valence electrons. The zero-order valence-electron chi connectivity index (χ0n) is 10.6. The van der Waals surface area contributed by atoms with Gasteiger partial charge < -0.3 is 5.32 Å². The normalized spacial score (nSPS) is 12.6. The van der Waals surface area contributed by atoms with Crippen LogP contribution in [0.2, 0.25) is 0 Å². The Kier molecular flexibility index (Phi) is 3.59. The Morgan fingerprint density at radius 3 is 2.88 bits per heavy atom. The van der Waals surface area contributed by atoms with Gasteiger partial charge in [0, 0.05) is 31.4 Å². The topological polar surface area (TPSA) is 29.9 Å². The number of aromatic nitrogens is 2. The number of benzene rings is 1. The highest BCUT2D eigenvalue weighted by atomic mass is 15.2. The van der Waals surface area contributed by atoms with E-state index in [-0.39, 0.29) is 0 Å². The van der Waals surface area contributed by atoms with Crippen LogP contribution in [0.25, 0.3) is 0 Å². The summed E-state index contributed by atoms with van der Waals surface area (Å²) >= 11 is 0. The van der Waals surface area contributed by atoms with Gasteiger partial charge in [-0.3, -0.25) is 4.68 Å². The molecule has 1 heterocycles. The van der Waals surface area contributed by atoms with Crippen molar-refractivity contribution < 1.29 is 0 Å². The average Bonchev–Trinajstić information content (AvgIpc) is 2.72. The van der Waals surface area contributed by atoms with Crippen LogP contribution < -0.4 is 5.32 Å². The Hall–Kier alpha value is -1.61. The van der Waals surface area contributed by atoms with Crippen LogP contribution in [-0.4, -0.2) is 9.78 Å². The van der Waals surface area contributed by atoms with Crippen LogP contribution in [0.4, 0.5) is 0 Å². The highest BCUT2D eigenvalue weighted by Gasteiger charge is 2.05. The van der Waals surface area contributed by atoms with Gasteiger partial charge in [0.2, 0.25) is 0 Å². The maximum absolute atomic E-state index is 4.16. The maximum Gasteiger partial charge on any atom is 0.0534 e. The van der Waals surface area contributed by atoms with Gasteiger partial charge >= 0.3 is 0 Å². The summed E-state index contributed by atoms with van der Waals surface area (Å²) in [7, 11) is 1.94. The van der Waals surface area contributed by atoms with Gasteiger partial charge in [-0.2, -0.15) is 5.10 Å². The van der Waals surface area contributed by atoms with Crippen LogP contribution >= 0.6 is 0 Å². The fourth-order valence-electron chi connectivity index (χ4n) is 1.89. The molecule has 1 N–H and O–H groups in total. The molecule has 0 aliphatic carbocycles. The Morgan fingerprint density at radius 2 is 2.24 bits per heavy atom. The van der Waals surface area contributed by atoms with Crippen molar-refractivity contribution in [3.63, 3.8) is 0 Å². The third-order valence-electron chi connectivity index (χ3n) is 2.91. The zero-order valence-corrected chi connectivity index (χ0v) is 10.6. The molecule has 1 aromatic carbocycles. The summed E-state index contributed by atoms with van der Waals surface area (Å²) < 4.78 is 1.83. The largest absolute Gasteiger partial charge is 0.306 e. The summed E-state index contributed by atoms with van der Waals surface area (Å²) in [5.74, 6) is 0. The Balaban J connectivity index is 1.95. The number of aryl methyl sites for hydroxylation is 2. The van der Waals surface area contributed by atoms with Gasteiger partial charge in [-0.25, -0.2) is 0 Å². The Labute approximate surface area is 102 Å². The quantitative estimate of drug-likeness (QED) is 0.873. The summed E-state index contributed by atoms with van der Waals surface area (Å²) in [4.78, 5) is 0. The lowest BCUT2D eigenvalue weighted by atomic mass is 10.1. The van der Waals surface area contributed by atoms with Crippen LogP contribution in [0, 0.1) is 6.92 Å². The molecule has 1 unspecified atom stereocenters. The van der Waals surface area contributed by atoms with Crippen molar-refractivity contribution in [1.29, 1.82) is 0 Å². The Morgan fingerprint density at radius 1 is 1.41 bits per heavy atom. The molecule has 0 aliphatic heterocycles. The summed E-state index contributed by atoms with van der Waals surface area (Å²) in [6.07, 6.45) is 3.94. The van der Waals surface area contributed by atoms with Crippen molar-refractivity contribution in [1.82, 2.24) is 15.1 Å². The first kappa shape index (κ1) is 11.9. The average molecular weight is 229 g/mol. The van der Waals surface area contributed by atoms with Crippen LogP contribution in [0.5, 0.6) is 0 Å². The molecular weight excluding hydrogens is 210 g/mol. The van der Waals surface area contributed by atoms with Gasteiger partial charge in [0.25, 0.3) is 0 Å². The molecule has 0 radical (unpaired) electrons. The first-order valence-electron chi connectivity index (χ1n) is 5.92. The zero-order chi connectivity index (χ0) is 12.3. The lowest BCUT2D eigenvalue weighted by Crippen LogP contribution is -2.17. The third kappa shape index (κ3) is 3.17. The number of nitrogens with zero attached hydrogens (tertiary/aromatic N) is 2. The van der Waals surface area contributed by atoms with Crippen LogP contribution in [0.3, 0.4) is 0 Å². The van der Waals surface area contributed by atoms with Crippen LogP contribution in [0.1, 0.15) is 29.7 Å². The standard InChI is InChI=1S/C14H19N3/c1-11-5-4-6-14(7-11)12(2)15-8-13-9-16-17(3)10-13/h4-7,9-10,12,15H,8H2,1-3H3. The molecule has 1 atom stereocenters. The second-order valence-corrected chi connectivity index (χ2v) is 4.54. The molecule has 0 saturated carbocycles. The first-order chi connectivity index (χ1) is 8.15. The number of hydrogen-bond acceptors (Lipinski definition) is 2. The van der Waals surface area contributed by atoms with E-state index in [9.17, 15) is 0 Å². The minimum atomic E-state index is 0.357. The van der Waals surface area contributed by atoms with Gasteiger partial charge in [0.05, 0.1) is 6.20 Å². The van der Waals surface area contributed by atoms with Crippen LogP contribution in [0.15, 0.2) is 36.7 Å². The number of hydrogen-bond donors (Lipinski definition) is 1. The fraction of sp³-hybridized carbons (Fsp3) is 0.357. The molecule has 0 aliphatic rings. The van der Waals surface area contributed by atoms with Gasteiger partial charge in [-0.1, -0.05) is 29.8 Å². The fourth-order valence-corrected chi connectivity index (χ4v) is 1.89. The van der Waals surface area contributed by atoms with Gasteiger partial charge in [-0.05, 0) is 19.4 Å². The van der Waals surface area contributed by atoms with Crippen LogP contribution in [-0.2, 0) is 13.6 Å². The molecule has 1 aromatic heterocycles. The highest BCUT2D eigenvalue weighted by molar-refractivity contribution is 5.24. The van der Waals surface area contributed by atoms with E-state index < -0.39 is 0 Å². The van der Waals surface area contributed by atoms with Gasteiger partial charge in [0.15, 0.2) is 0 Å². The molecule has 3 heteroatoms. The molecular formula is C14H19N3. The Bertz CT molecular complexity index is 488. The monoisotopic (exact) mass is 229 g/mol. The molecule has 0 spiro atoms. The van der Waals surface area contributed by atoms with Crippen molar-refractivity contribution >= 4 is 0 Å². The van der Waals surface area contributed by atoms with E-state index in [1.807, 2.05) is 24.1 Å². The van der Waals surface area contributed by atoms with E-state index in [4.69, 9.17) is 0 Å². The summed E-state index contributed by atoms with van der Waals surface area (Å²) in [5, 5.41) is 7.66. The van der Waals surface area contributed by atoms with E-state index in [0.29, 0.717) is 6.04 Å². The molecule has 2 rings (SSSR count). The first-order valence-corrected chi connectivity index (χ1v) is 5.92. The SMILES string of the molecule is Cc1cccc(C(C)NCc2cnn(C)c2)c1. The predicted molar refractivity (Wildman–Crippen MR) is 69.6 cm³/mol. The highest BCUT2D eigenvalue weighted by Crippen LogP contribution is 2.14. The van der Waals surface area contributed by atoms with E-state index in [2.05, 4.69) is 48.5 Å². The number of rotatable bonds is 4. The van der Waals surface area contributed by atoms with Gasteiger partial charge in [0.1, 0.15) is 0 Å². The maximum atomic E-state index is 4.16. The van der Waals surface area contributed by atoms with Gasteiger partial charge in [-0.15, -0.1) is 0 Å². The molecule has 0 saturated heterocycles. The van der Waals surface area contributed by atoms with Crippen molar-refractivity contribution in [2.24, 2.45) is 7.05 Å². The lowest BCUT2D eigenvalue weighted by Gasteiger charge is -2.14. The summed E-state index contributed by atoms with van der Waals surface area (Å²) in [5.41, 5.74) is 3.85. The molecule has 2 aromatic rings. The van der Waals surface area contributed by atoms with E-state index in [0.717, 1.165) is 6.54 Å². The summed E-state index contributed by atoms with van der Waals surface area (Å²) in [6.45, 7) is 5.16. The van der Waals surface area contributed by atoms with Crippen molar-refractivity contribution in [3.8, 4) is 0 Å². The van der Waals surface area contributed by atoms with E-state index in [1.165, 1.54) is 16.7 Å². The molecule has 0 amide bonds. The van der Waals surface area contributed by atoms with E-state index >= 15 is 0 Å². The lowest BCUT2D eigenvalue weighted by molar-refractivity contribution is 0.574. The third-order valence-corrected chi connectivity index (χ3v) is 2.91. The molecule has 0 bridgehead atoms. The predicted octanol–water partition coefficient (Wildman–Crippen LogP) is 2.58. The molecule has 3 nitrogen and oxygen atoms in total. The molecule has 17 heavy (non-hydrogen) atoms. The number of nitrogens with one attached hydrogen (secondary N) is 1. The smallest absolute Gasteiger partial charge is 0.0534 e. The van der Waals surface area contributed by atoms with Crippen molar-refractivity contribution in [3.05, 3.63) is 53.3 Å². The second-order valence-electron chi connectivity index (χ2n) is 4.54. The molecule has 0 fully saturated rings. The minimum Gasteiger partial charge on any atom is -0.306 e. The van der Waals surface area contributed by atoms with E-state index in [1.54, 1.807) is 0 Å². The van der Waals surface area contributed by atoms with Crippen molar-refractivity contribution in [2.75, 3.05) is 0 Å². The summed E-state index contributed by atoms with van der Waals surface area (Å²) in [6, 6.07) is 8.97. The second kappa shape index (κ2) is 5.15.